The molecule has 0 unspecified atom stereocenters. The van der Waals surface area contributed by atoms with E-state index < -0.39 is 34.9 Å². The van der Waals surface area contributed by atoms with E-state index in [0.29, 0.717) is 28.2 Å². The number of para-hydroxylation sites is 1. The molecule has 0 fully saturated rings. The SMILES string of the molecule is COc1ccc(-c2nn([C@@H](C)C(=O)Nc3ccccc3C(F)(F)F)c(=O)c3noc(C)c23)cc1. The van der Waals surface area contributed by atoms with Crippen LogP contribution >= 0.6 is 0 Å². The maximum Gasteiger partial charge on any atom is 0.418 e. The number of amides is 1. The number of rotatable bonds is 5. The van der Waals surface area contributed by atoms with Crippen LogP contribution in [0.2, 0.25) is 0 Å². The largest absolute Gasteiger partial charge is 0.497 e. The Kier molecular flexibility index (Phi) is 5.86. The highest BCUT2D eigenvalue weighted by atomic mass is 19.4. The quantitative estimate of drug-likeness (QED) is 0.456. The molecule has 2 aromatic carbocycles. The van der Waals surface area contributed by atoms with Gasteiger partial charge >= 0.3 is 6.18 Å². The first-order valence-electron chi connectivity index (χ1n) is 10.1. The molecular formula is C23H19F3N4O4. The van der Waals surface area contributed by atoms with Crippen LogP contribution in [0.3, 0.4) is 0 Å². The van der Waals surface area contributed by atoms with Gasteiger partial charge in [0.05, 0.1) is 23.7 Å². The van der Waals surface area contributed by atoms with Crippen LogP contribution in [0.5, 0.6) is 5.75 Å². The zero-order valence-electron chi connectivity index (χ0n) is 18.3. The number of hydrogen-bond donors (Lipinski definition) is 1. The van der Waals surface area contributed by atoms with Crippen molar-refractivity contribution in [2.45, 2.75) is 26.1 Å². The molecule has 8 nitrogen and oxygen atoms in total. The second-order valence-corrected chi connectivity index (χ2v) is 7.50. The fourth-order valence-electron chi connectivity index (χ4n) is 3.51. The topological polar surface area (TPSA) is 99.2 Å². The van der Waals surface area contributed by atoms with Crippen molar-refractivity contribution < 1.29 is 27.2 Å². The van der Waals surface area contributed by atoms with Crippen molar-refractivity contribution in [3.8, 4) is 17.0 Å². The minimum absolute atomic E-state index is 0.0475. The van der Waals surface area contributed by atoms with Crippen LogP contribution in [0, 0.1) is 6.92 Å². The highest BCUT2D eigenvalue weighted by Crippen LogP contribution is 2.35. The van der Waals surface area contributed by atoms with E-state index in [1.165, 1.54) is 26.2 Å². The zero-order valence-corrected chi connectivity index (χ0v) is 18.3. The van der Waals surface area contributed by atoms with Crippen molar-refractivity contribution >= 4 is 22.5 Å². The second kappa shape index (κ2) is 8.65. The van der Waals surface area contributed by atoms with Gasteiger partial charge in [0.25, 0.3) is 5.56 Å². The number of carbonyl (C=O) groups excluding carboxylic acids is 1. The number of methoxy groups -OCH3 is 1. The van der Waals surface area contributed by atoms with Crippen LogP contribution in [0.4, 0.5) is 18.9 Å². The van der Waals surface area contributed by atoms with E-state index in [2.05, 4.69) is 15.6 Å². The second-order valence-electron chi connectivity index (χ2n) is 7.50. The van der Waals surface area contributed by atoms with E-state index in [4.69, 9.17) is 9.26 Å². The Morgan fingerprint density at radius 2 is 1.82 bits per heavy atom. The molecule has 1 atom stereocenters. The number of carbonyl (C=O) groups is 1. The first-order valence-corrected chi connectivity index (χ1v) is 10.1. The molecule has 1 amide bonds. The fourth-order valence-corrected chi connectivity index (χ4v) is 3.51. The summed E-state index contributed by atoms with van der Waals surface area (Å²) in [5.41, 5.74) is -1.26. The van der Waals surface area contributed by atoms with Gasteiger partial charge in [0.15, 0.2) is 5.52 Å². The molecule has 0 aliphatic rings. The molecule has 0 aliphatic carbocycles. The number of alkyl halides is 3. The van der Waals surface area contributed by atoms with Crippen LogP contribution in [-0.4, -0.2) is 28.0 Å². The monoisotopic (exact) mass is 472 g/mol. The number of ether oxygens (including phenoxy) is 1. The summed E-state index contributed by atoms with van der Waals surface area (Å²) < 4.78 is 51.2. The molecule has 176 valence electrons. The summed E-state index contributed by atoms with van der Waals surface area (Å²) in [5.74, 6) is 0.103. The summed E-state index contributed by atoms with van der Waals surface area (Å²) in [7, 11) is 1.52. The third-order valence-corrected chi connectivity index (χ3v) is 5.32. The summed E-state index contributed by atoms with van der Waals surface area (Å²) in [6.07, 6.45) is -4.67. The summed E-state index contributed by atoms with van der Waals surface area (Å²) in [4.78, 5) is 25.9. The van der Waals surface area contributed by atoms with Crippen LogP contribution in [0.25, 0.3) is 22.2 Å². The maximum atomic E-state index is 13.3. The van der Waals surface area contributed by atoms with Gasteiger partial charge in [-0.15, -0.1) is 0 Å². The Morgan fingerprint density at radius 3 is 2.47 bits per heavy atom. The highest BCUT2D eigenvalue weighted by Gasteiger charge is 2.34. The van der Waals surface area contributed by atoms with Crippen LogP contribution < -0.4 is 15.6 Å². The van der Waals surface area contributed by atoms with E-state index in [0.717, 1.165) is 16.8 Å². The molecule has 2 aromatic heterocycles. The molecular weight excluding hydrogens is 453 g/mol. The van der Waals surface area contributed by atoms with Crippen molar-refractivity contribution in [1.29, 1.82) is 0 Å². The number of nitrogens with one attached hydrogen (secondary N) is 1. The van der Waals surface area contributed by atoms with Crippen molar-refractivity contribution in [3.63, 3.8) is 0 Å². The number of benzene rings is 2. The van der Waals surface area contributed by atoms with Crippen molar-refractivity contribution in [2.24, 2.45) is 0 Å². The van der Waals surface area contributed by atoms with Crippen molar-refractivity contribution in [1.82, 2.24) is 14.9 Å². The lowest BCUT2D eigenvalue weighted by Crippen LogP contribution is -2.34. The summed E-state index contributed by atoms with van der Waals surface area (Å²) in [6.45, 7) is 2.98. The number of halogens is 3. The molecule has 34 heavy (non-hydrogen) atoms. The summed E-state index contributed by atoms with van der Waals surface area (Å²) in [5, 5.41) is 10.8. The predicted octanol–water partition coefficient (Wildman–Crippen LogP) is 4.59. The first kappa shape index (κ1) is 23.0. The molecule has 4 rings (SSSR count). The van der Waals surface area contributed by atoms with Gasteiger partial charge < -0.3 is 14.6 Å². The summed E-state index contributed by atoms with van der Waals surface area (Å²) >= 11 is 0. The number of fused-ring (bicyclic) bond motifs is 1. The lowest BCUT2D eigenvalue weighted by atomic mass is 10.1. The smallest absolute Gasteiger partial charge is 0.418 e. The average Bonchev–Trinajstić information content (AvgIpc) is 3.21. The lowest BCUT2D eigenvalue weighted by molar-refractivity contribution is -0.137. The molecule has 11 heteroatoms. The van der Waals surface area contributed by atoms with Gasteiger partial charge in [0.2, 0.25) is 5.91 Å². The Labute approximate surface area is 190 Å². The molecule has 0 radical (unpaired) electrons. The molecule has 0 saturated carbocycles. The van der Waals surface area contributed by atoms with Crippen LogP contribution in [-0.2, 0) is 11.0 Å². The fraction of sp³-hybridized carbons (Fsp3) is 0.217. The third kappa shape index (κ3) is 4.12. The van der Waals surface area contributed by atoms with Crippen molar-refractivity contribution in [3.05, 3.63) is 70.2 Å². The number of nitrogens with zero attached hydrogens (tertiary/aromatic N) is 3. The number of anilines is 1. The number of aryl methyl sites for hydroxylation is 1. The number of aromatic nitrogens is 3. The molecule has 0 spiro atoms. The minimum Gasteiger partial charge on any atom is -0.497 e. The van der Waals surface area contributed by atoms with Gasteiger partial charge in [-0.05, 0) is 50.2 Å². The van der Waals surface area contributed by atoms with E-state index >= 15 is 0 Å². The molecule has 0 bridgehead atoms. The minimum atomic E-state index is -4.67. The Hall–Kier alpha value is -4.15. The lowest BCUT2D eigenvalue weighted by Gasteiger charge is -2.18. The van der Waals surface area contributed by atoms with Gasteiger partial charge in [0, 0.05) is 5.56 Å². The van der Waals surface area contributed by atoms with E-state index in [9.17, 15) is 22.8 Å². The normalized spacial score (nSPS) is 12.5. The van der Waals surface area contributed by atoms with E-state index in [-0.39, 0.29) is 5.52 Å². The molecule has 1 N–H and O–H groups in total. The average molecular weight is 472 g/mol. The molecule has 0 aliphatic heterocycles. The van der Waals surface area contributed by atoms with Gasteiger partial charge in [-0.25, -0.2) is 4.68 Å². The number of hydrogen-bond acceptors (Lipinski definition) is 6. The Bertz CT molecular complexity index is 1430. The molecule has 0 saturated heterocycles. The van der Waals surface area contributed by atoms with Crippen molar-refractivity contribution in [2.75, 3.05) is 12.4 Å². The van der Waals surface area contributed by atoms with Gasteiger partial charge in [-0.2, -0.15) is 18.3 Å². The summed E-state index contributed by atoms with van der Waals surface area (Å²) in [6, 6.07) is 10.1. The first-order chi connectivity index (χ1) is 16.1. The Balaban J connectivity index is 1.78. The van der Waals surface area contributed by atoms with E-state index in [1.54, 1.807) is 31.2 Å². The van der Waals surface area contributed by atoms with Crippen LogP contribution in [0.1, 0.15) is 24.3 Å². The predicted molar refractivity (Wildman–Crippen MR) is 118 cm³/mol. The Morgan fingerprint density at radius 1 is 1.15 bits per heavy atom. The maximum absolute atomic E-state index is 13.3. The van der Waals surface area contributed by atoms with Crippen LogP contribution in [0.15, 0.2) is 57.8 Å². The molecule has 4 aromatic rings. The highest BCUT2D eigenvalue weighted by molar-refractivity contribution is 5.96. The van der Waals surface area contributed by atoms with E-state index in [1.807, 2.05) is 0 Å². The van der Waals surface area contributed by atoms with Gasteiger partial charge in [-0.1, -0.05) is 17.3 Å². The van der Waals surface area contributed by atoms with Gasteiger partial charge in [0.1, 0.15) is 23.2 Å². The van der Waals surface area contributed by atoms with Gasteiger partial charge in [-0.3, -0.25) is 9.59 Å². The zero-order chi connectivity index (χ0) is 24.6. The standard InChI is InChI=1S/C23H19F3N4O4/c1-12(21(31)27-17-7-5-4-6-16(17)23(24,25)26)30-22(32)20-18(13(2)34-29-20)19(28-30)14-8-10-15(33-3)11-9-14/h4-12H,1-3H3,(H,27,31)/t12-/m0/s1. The molecule has 2 heterocycles. The third-order valence-electron chi connectivity index (χ3n) is 5.32.